The molecule has 0 bridgehead atoms. The lowest BCUT2D eigenvalue weighted by atomic mass is 9.89. The molecular formula is C30H38N6O. The maximum Gasteiger partial charge on any atom is 0.221 e. The summed E-state index contributed by atoms with van der Waals surface area (Å²) >= 11 is 0. The molecule has 3 aromatic rings. The van der Waals surface area contributed by atoms with Gasteiger partial charge in [-0.25, -0.2) is 4.98 Å². The van der Waals surface area contributed by atoms with Gasteiger partial charge in [0.05, 0.1) is 0 Å². The quantitative estimate of drug-likeness (QED) is 0.332. The monoisotopic (exact) mass is 498 g/mol. The molecule has 194 valence electrons. The first-order valence-electron chi connectivity index (χ1n) is 13.5. The van der Waals surface area contributed by atoms with Crippen molar-refractivity contribution in [3.05, 3.63) is 66.9 Å². The highest BCUT2D eigenvalue weighted by molar-refractivity contribution is 5.89. The minimum atomic E-state index is -0.0698. The number of nitrogen functional groups attached to an aromatic ring is 1. The lowest BCUT2D eigenvalue weighted by molar-refractivity contribution is -0.114. The maximum absolute atomic E-state index is 11.5. The van der Waals surface area contributed by atoms with E-state index in [1.807, 2.05) is 42.6 Å². The zero-order valence-electron chi connectivity index (χ0n) is 21.6. The van der Waals surface area contributed by atoms with Crippen LogP contribution in [0.4, 0.5) is 22.9 Å². The highest BCUT2D eigenvalue weighted by Gasteiger charge is 2.29. The number of carbonyl (C=O) groups excluding carboxylic acids is 1. The van der Waals surface area contributed by atoms with Gasteiger partial charge < -0.3 is 26.6 Å². The Kier molecular flexibility index (Phi) is 7.90. The normalized spacial score (nSPS) is 21.9. The predicted octanol–water partition coefficient (Wildman–Crippen LogP) is 5.27. The van der Waals surface area contributed by atoms with Gasteiger partial charge in [-0.1, -0.05) is 25.0 Å². The number of nitrogens with one attached hydrogen (secondary N) is 3. The lowest BCUT2D eigenvalue weighted by Gasteiger charge is -2.40. The third-order valence-corrected chi connectivity index (χ3v) is 7.50. The highest BCUT2D eigenvalue weighted by Crippen LogP contribution is 2.28. The van der Waals surface area contributed by atoms with Crippen LogP contribution in [0.3, 0.4) is 0 Å². The molecule has 2 aliphatic rings. The minimum absolute atomic E-state index is 0.0698. The number of piperidine rings is 1. The molecule has 1 aromatic heterocycles. The molecule has 7 heteroatoms. The van der Waals surface area contributed by atoms with Gasteiger partial charge in [0.2, 0.25) is 5.91 Å². The fourth-order valence-corrected chi connectivity index (χ4v) is 5.70. The summed E-state index contributed by atoms with van der Waals surface area (Å²) in [4.78, 5) is 18.6. The van der Waals surface area contributed by atoms with E-state index < -0.39 is 0 Å². The maximum atomic E-state index is 11.5. The molecule has 1 aliphatic carbocycles. The number of anilines is 4. The molecule has 37 heavy (non-hydrogen) atoms. The van der Waals surface area contributed by atoms with Crippen LogP contribution in [-0.2, 0) is 4.79 Å². The molecule has 3 atom stereocenters. The summed E-state index contributed by atoms with van der Waals surface area (Å²) in [6, 6.07) is 21.5. The van der Waals surface area contributed by atoms with E-state index >= 15 is 0 Å². The largest absolute Gasteiger partial charge is 0.399 e. The van der Waals surface area contributed by atoms with Gasteiger partial charge in [-0.3, -0.25) is 4.79 Å². The van der Waals surface area contributed by atoms with Crippen molar-refractivity contribution < 1.29 is 4.79 Å². The third kappa shape index (κ3) is 6.60. The number of aromatic nitrogens is 1. The molecule has 1 saturated carbocycles. The van der Waals surface area contributed by atoms with Gasteiger partial charge in [0.25, 0.3) is 0 Å². The van der Waals surface area contributed by atoms with Gasteiger partial charge in [-0.2, -0.15) is 0 Å². The number of carbonyl (C=O) groups is 1. The van der Waals surface area contributed by atoms with Crippen LogP contribution in [0.15, 0.2) is 66.9 Å². The van der Waals surface area contributed by atoms with Crippen LogP contribution in [-0.4, -0.2) is 42.1 Å². The van der Waals surface area contributed by atoms with E-state index in [1.165, 1.54) is 44.7 Å². The van der Waals surface area contributed by atoms with Crippen molar-refractivity contribution in [2.75, 3.05) is 34.4 Å². The van der Waals surface area contributed by atoms with Crippen LogP contribution in [0.25, 0.3) is 11.1 Å². The SMILES string of the molecule is CC(=O)Nc1cccc(-c2ccnc(N[C@@H]3CCCC[C@H]3N[C@H]3CCCN(c4ccc(N)cc4)C3)c2)c1. The van der Waals surface area contributed by atoms with E-state index in [1.54, 1.807) is 0 Å². The number of hydrogen-bond acceptors (Lipinski definition) is 6. The van der Waals surface area contributed by atoms with E-state index in [4.69, 9.17) is 5.73 Å². The topological polar surface area (TPSA) is 95.3 Å². The molecule has 5 N–H and O–H groups in total. The van der Waals surface area contributed by atoms with Gasteiger partial charge in [0, 0.05) is 61.4 Å². The second kappa shape index (κ2) is 11.6. The number of pyridine rings is 1. The molecule has 1 amide bonds. The molecule has 2 aromatic carbocycles. The molecule has 2 heterocycles. The van der Waals surface area contributed by atoms with Crippen LogP contribution in [0.5, 0.6) is 0 Å². The number of hydrogen-bond donors (Lipinski definition) is 4. The van der Waals surface area contributed by atoms with Crippen molar-refractivity contribution >= 4 is 28.8 Å². The number of nitrogens with zero attached hydrogens (tertiary/aromatic N) is 2. The molecule has 1 saturated heterocycles. The molecule has 2 fully saturated rings. The molecule has 1 aliphatic heterocycles. The zero-order valence-corrected chi connectivity index (χ0v) is 21.6. The van der Waals surface area contributed by atoms with Crippen molar-refractivity contribution in [1.29, 1.82) is 0 Å². The van der Waals surface area contributed by atoms with Gasteiger partial charge in [-0.15, -0.1) is 0 Å². The first-order chi connectivity index (χ1) is 18.0. The fraction of sp³-hybridized carbons (Fsp3) is 0.400. The summed E-state index contributed by atoms with van der Waals surface area (Å²) in [5.74, 6) is 0.827. The Morgan fingerprint density at radius 3 is 2.54 bits per heavy atom. The summed E-state index contributed by atoms with van der Waals surface area (Å²) in [5, 5.41) is 10.6. The first-order valence-corrected chi connectivity index (χ1v) is 13.5. The van der Waals surface area contributed by atoms with Crippen LogP contribution in [0.1, 0.15) is 45.4 Å². The molecule has 0 radical (unpaired) electrons. The molecule has 0 spiro atoms. The molecular weight excluding hydrogens is 460 g/mol. The van der Waals surface area contributed by atoms with Crippen molar-refractivity contribution in [3.8, 4) is 11.1 Å². The summed E-state index contributed by atoms with van der Waals surface area (Å²) in [6.45, 7) is 3.64. The fourth-order valence-electron chi connectivity index (χ4n) is 5.70. The van der Waals surface area contributed by atoms with E-state index in [9.17, 15) is 4.79 Å². The lowest BCUT2D eigenvalue weighted by Crippen LogP contribution is -2.54. The number of nitrogens with two attached hydrogens (primary N) is 1. The predicted molar refractivity (Wildman–Crippen MR) is 153 cm³/mol. The Balaban J connectivity index is 1.25. The van der Waals surface area contributed by atoms with Crippen LogP contribution in [0.2, 0.25) is 0 Å². The Bertz CT molecular complexity index is 1200. The average Bonchev–Trinajstić information content (AvgIpc) is 2.90. The van der Waals surface area contributed by atoms with E-state index in [-0.39, 0.29) is 5.91 Å². The Labute approximate surface area is 219 Å². The van der Waals surface area contributed by atoms with Crippen molar-refractivity contribution in [1.82, 2.24) is 10.3 Å². The summed E-state index contributed by atoms with van der Waals surface area (Å²) in [5.41, 5.74) is 10.9. The second-order valence-corrected chi connectivity index (χ2v) is 10.4. The summed E-state index contributed by atoms with van der Waals surface area (Å²) < 4.78 is 0. The van der Waals surface area contributed by atoms with Gasteiger partial charge in [-0.05, 0) is 85.3 Å². The number of rotatable bonds is 7. The Hall–Kier alpha value is -3.58. The first kappa shape index (κ1) is 25.1. The van der Waals surface area contributed by atoms with Gasteiger partial charge in [0.1, 0.15) is 5.82 Å². The van der Waals surface area contributed by atoms with Crippen LogP contribution >= 0.6 is 0 Å². The van der Waals surface area contributed by atoms with E-state index in [2.05, 4.69) is 50.1 Å². The standard InChI is InChI=1S/C30H38N6O/c1-21(37)33-25-7-4-6-22(18-25)23-15-16-32-30(19-23)35-29-10-3-2-9-28(29)34-26-8-5-17-36(20-26)27-13-11-24(31)12-14-27/h4,6-7,11-16,18-19,26,28-29,34H,2-3,5,8-10,17,20,31H2,1H3,(H,32,35)(H,33,37)/t26-,28+,29+/m0/s1. The zero-order chi connectivity index (χ0) is 25.6. The summed E-state index contributed by atoms with van der Waals surface area (Å²) in [7, 11) is 0. The van der Waals surface area contributed by atoms with Crippen molar-refractivity contribution in [3.63, 3.8) is 0 Å². The van der Waals surface area contributed by atoms with Gasteiger partial charge >= 0.3 is 0 Å². The van der Waals surface area contributed by atoms with E-state index in [0.29, 0.717) is 18.1 Å². The molecule has 5 rings (SSSR count). The van der Waals surface area contributed by atoms with Crippen LogP contribution < -0.4 is 26.6 Å². The molecule has 7 nitrogen and oxygen atoms in total. The number of amides is 1. The minimum Gasteiger partial charge on any atom is -0.399 e. The number of benzene rings is 2. The highest BCUT2D eigenvalue weighted by atomic mass is 16.1. The molecule has 0 unspecified atom stereocenters. The smallest absolute Gasteiger partial charge is 0.221 e. The Morgan fingerprint density at radius 1 is 0.946 bits per heavy atom. The third-order valence-electron chi connectivity index (χ3n) is 7.50. The Morgan fingerprint density at radius 2 is 1.73 bits per heavy atom. The second-order valence-electron chi connectivity index (χ2n) is 10.4. The van der Waals surface area contributed by atoms with Crippen molar-refractivity contribution in [2.24, 2.45) is 0 Å². The van der Waals surface area contributed by atoms with Crippen LogP contribution in [0, 0.1) is 0 Å². The summed E-state index contributed by atoms with van der Waals surface area (Å²) in [6.07, 6.45) is 9.05. The van der Waals surface area contributed by atoms with Gasteiger partial charge in [0.15, 0.2) is 0 Å². The van der Waals surface area contributed by atoms with Crippen molar-refractivity contribution in [2.45, 2.75) is 63.6 Å². The average molecular weight is 499 g/mol. The van der Waals surface area contributed by atoms with E-state index in [0.717, 1.165) is 47.8 Å².